The predicted octanol–water partition coefficient (Wildman–Crippen LogP) is 3.61. The standard InChI is InChI=1S/C13H21O2P.Fe/c1-3-4-10-16(14,15)11-9-13-7-5-12(2)6-8-13;/h5-8H,3-4,9-11H2,1-2H3,(H,14,15);. The molecule has 1 aromatic rings. The quantitative estimate of drug-likeness (QED) is 0.643. The second-order valence-electron chi connectivity index (χ2n) is 4.38. The van der Waals surface area contributed by atoms with Crippen LogP contribution >= 0.6 is 7.37 Å². The minimum Gasteiger partial charge on any atom is -0.344 e. The van der Waals surface area contributed by atoms with Crippen LogP contribution in [0.15, 0.2) is 24.3 Å². The van der Waals surface area contributed by atoms with Crippen molar-refractivity contribution in [1.29, 1.82) is 0 Å². The normalized spacial score (nSPS) is 13.8. The molecule has 0 aliphatic heterocycles. The molecule has 0 saturated heterocycles. The van der Waals surface area contributed by atoms with E-state index in [9.17, 15) is 9.46 Å². The van der Waals surface area contributed by atoms with Gasteiger partial charge in [0.1, 0.15) is 0 Å². The van der Waals surface area contributed by atoms with Crippen molar-refractivity contribution in [3.63, 3.8) is 0 Å². The number of hydrogen-bond acceptors (Lipinski definition) is 1. The largest absolute Gasteiger partial charge is 0.344 e. The molecule has 17 heavy (non-hydrogen) atoms. The summed E-state index contributed by atoms with van der Waals surface area (Å²) >= 11 is 0. The van der Waals surface area contributed by atoms with Crippen molar-refractivity contribution < 1.29 is 26.5 Å². The van der Waals surface area contributed by atoms with E-state index in [2.05, 4.69) is 0 Å². The summed E-state index contributed by atoms with van der Waals surface area (Å²) in [5.74, 6) is 0. The first-order valence-electron chi connectivity index (χ1n) is 5.90. The summed E-state index contributed by atoms with van der Waals surface area (Å²) < 4.78 is 11.8. The first-order chi connectivity index (χ1) is 7.53. The van der Waals surface area contributed by atoms with Crippen LogP contribution in [-0.4, -0.2) is 17.2 Å². The van der Waals surface area contributed by atoms with Crippen molar-refractivity contribution in [3.8, 4) is 0 Å². The zero-order valence-corrected chi connectivity index (χ0v) is 12.5. The molecule has 0 aliphatic carbocycles. The molecule has 1 atom stereocenters. The van der Waals surface area contributed by atoms with Crippen LogP contribution in [0.3, 0.4) is 0 Å². The third kappa shape index (κ3) is 7.06. The molecule has 98 valence electrons. The molecule has 0 bridgehead atoms. The Hall–Kier alpha value is -0.0705. The van der Waals surface area contributed by atoms with E-state index in [1.54, 1.807) is 0 Å². The van der Waals surface area contributed by atoms with Gasteiger partial charge in [0.05, 0.1) is 0 Å². The molecule has 0 amide bonds. The molecule has 0 spiro atoms. The van der Waals surface area contributed by atoms with Gasteiger partial charge in [0, 0.05) is 29.4 Å². The molecule has 0 saturated carbocycles. The van der Waals surface area contributed by atoms with E-state index in [1.165, 1.54) is 5.56 Å². The third-order valence-electron chi connectivity index (χ3n) is 2.73. The van der Waals surface area contributed by atoms with Crippen molar-refractivity contribution in [2.45, 2.75) is 33.1 Å². The van der Waals surface area contributed by atoms with Crippen molar-refractivity contribution in [2.75, 3.05) is 12.3 Å². The van der Waals surface area contributed by atoms with Crippen LogP contribution in [-0.2, 0) is 28.1 Å². The molecule has 0 radical (unpaired) electrons. The Morgan fingerprint density at radius 2 is 1.76 bits per heavy atom. The van der Waals surface area contributed by atoms with Gasteiger partial charge in [-0.05, 0) is 25.3 Å². The van der Waals surface area contributed by atoms with E-state index in [-0.39, 0.29) is 17.1 Å². The number of aryl methyl sites for hydroxylation is 2. The van der Waals surface area contributed by atoms with Gasteiger partial charge in [-0.15, -0.1) is 0 Å². The number of rotatable bonds is 6. The van der Waals surface area contributed by atoms with Crippen molar-refractivity contribution in [2.24, 2.45) is 0 Å². The Kier molecular flexibility index (Phi) is 8.07. The summed E-state index contributed by atoms with van der Waals surface area (Å²) in [4.78, 5) is 9.72. The van der Waals surface area contributed by atoms with Crippen molar-refractivity contribution >= 4 is 7.37 Å². The fraction of sp³-hybridized carbons (Fsp3) is 0.538. The van der Waals surface area contributed by atoms with Crippen LogP contribution in [0.5, 0.6) is 0 Å². The maximum absolute atomic E-state index is 11.8. The number of benzene rings is 1. The first-order valence-corrected chi connectivity index (χ1v) is 7.93. The number of hydrogen-bond donors (Lipinski definition) is 1. The molecule has 0 aromatic heterocycles. The van der Waals surface area contributed by atoms with Crippen LogP contribution in [0.1, 0.15) is 30.9 Å². The van der Waals surface area contributed by atoms with Crippen LogP contribution in [0.2, 0.25) is 0 Å². The van der Waals surface area contributed by atoms with Gasteiger partial charge in [0.25, 0.3) is 0 Å². The molecular weight excluding hydrogens is 275 g/mol. The molecule has 1 aromatic carbocycles. The molecule has 4 heteroatoms. The summed E-state index contributed by atoms with van der Waals surface area (Å²) in [6.07, 6.45) is 3.42. The monoisotopic (exact) mass is 296 g/mol. The SMILES string of the molecule is CCCCP(=O)(O)CCc1ccc(C)cc1.[Fe]. The first kappa shape index (κ1) is 16.9. The molecule has 0 heterocycles. The minimum atomic E-state index is -2.89. The Morgan fingerprint density at radius 1 is 1.18 bits per heavy atom. The van der Waals surface area contributed by atoms with E-state index < -0.39 is 7.37 Å². The van der Waals surface area contributed by atoms with E-state index in [4.69, 9.17) is 0 Å². The molecule has 2 nitrogen and oxygen atoms in total. The van der Waals surface area contributed by atoms with Crippen molar-refractivity contribution in [3.05, 3.63) is 35.4 Å². The average Bonchev–Trinajstić information content (AvgIpc) is 2.26. The molecule has 0 aliphatic rings. The fourth-order valence-electron chi connectivity index (χ4n) is 1.58. The Labute approximate surface area is 115 Å². The van der Waals surface area contributed by atoms with Gasteiger partial charge < -0.3 is 4.89 Å². The topological polar surface area (TPSA) is 37.3 Å². The van der Waals surface area contributed by atoms with Gasteiger partial charge in [-0.3, -0.25) is 4.57 Å². The van der Waals surface area contributed by atoms with Gasteiger partial charge >= 0.3 is 0 Å². The zero-order chi connectivity index (χ0) is 12.0. The smallest absolute Gasteiger partial charge is 0.200 e. The summed E-state index contributed by atoms with van der Waals surface area (Å²) in [7, 11) is -2.89. The van der Waals surface area contributed by atoms with Gasteiger partial charge in [0.2, 0.25) is 7.37 Å². The van der Waals surface area contributed by atoms with Crippen molar-refractivity contribution in [1.82, 2.24) is 0 Å². The number of unbranched alkanes of at least 4 members (excludes halogenated alkanes) is 1. The predicted molar refractivity (Wildman–Crippen MR) is 69.4 cm³/mol. The maximum Gasteiger partial charge on any atom is 0.200 e. The maximum atomic E-state index is 11.8. The molecule has 1 rings (SSSR count). The van der Waals surface area contributed by atoms with Gasteiger partial charge in [-0.2, -0.15) is 0 Å². The second kappa shape index (κ2) is 8.11. The molecular formula is C13H21FeO2P. The fourth-order valence-corrected chi connectivity index (χ4v) is 3.22. The summed E-state index contributed by atoms with van der Waals surface area (Å²) in [6, 6.07) is 8.16. The average molecular weight is 296 g/mol. The summed E-state index contributed by atoms with van der Waals surface area (Å²) in [5, 5.41) is 0. The van der Waals surface area contributed by atoms with Gasteiger partial charge in [0.15, 0.2) is 0 Å². The third-order valence-corrected chi connectivity index (χ3v) is 4.67. The zero-order valence-electron chi connectivity index (χ0n) is 10.5. The Bertz CT molecular complexity index is 362. The molecule has 1 N–H and O–H groups in total. The Balaban J connectivity index is 0.00000256. The summed E-state index contributed by atoms with van der Waals surface area (Å²) in [5.41, 5.74) is 2.37. The van der Waals surface area contributed by atoms with Crippen LogP contribution in [0.4, 0.5) is 0 Å². The van der Waals surface area contributed by atoms with E-state index in [0.29, 0.717) is 18.7 Å². The van der Waals surface area contributed by atoms with E-state index >= 15 is 0 Å². The van der Waals surface area contributed by atoms with Crippen LogP contribution < -0.4 is 0 Å². The van der Waals surface area contributed by atoms with Gasteiger partial charge in [-0.1, -0.05) is 43.2 Å². The Morgan fingerprint density at radius 3 is 2.29 bits per heavy atom. The molecule has 1 unspecified atom stereocenters. The van der Waals surface area contributed by atoms with Gasteiger partial charge in [-0.25, -0.2) is 0 Å². The van der Waals surface area contributed by atoms with Crippen LogP contribution in [0.25, 0.3) is 0 Å². The minimum absolute atomic E-state index is 0. The van der Waals surface area contributed by atoms with Crippen LogP contribution in [0, 0.1) is 6.92 Å². The second-order valence-corrected chi connectivity index (χ2v) is 6.97. The van der Waals surface area contributed by atoms with E-state index in [0.717, 1.165) is 18.4 Å². The molecule has 0 fully saturated rings. The van der Waals surface area contributed by atoms with E-state index in [1.807, 2.05) is 38.1 Å². The summed E-state index contributed by atoms with van der Waals surface area (Å²) in [6.45, 7) is 4.09.